The average Bonchev–Trinajstić information content (AvgIpc) is 3.29. The number of halogens is 5. The Morgan fingerprint density at radius 1 is 1.15 bits per heavy atom. The van der Waals surface area contributed by atoms with Crippen LogP contribution in [0.25, 0.3) is 11.0 Å². The fourth-order valence-corrected chi connectivity index (χ4v) is 4.28. The first-order chi connectivity index (χ1) is 14.8. The number of hydrogen-bond acceptors (Lipinski definition) is 6. The van der Waals surface area contributed by atoms with Crippen molar-refractivity contribution in [3.05, 3.63) is 42.5 Å². The maximum Gasteiger partial charge on any atom is 0.573 e. The lowest BCUT2D eigenvalue weighted by Crippen LogP contribution is -2.38. The molecule has 0 radical (unpaired) electrons. The van der Waals surface area contributed by atoms with Crippen molar-refractivity contribution in [1.29, 1.82) is 0 Å². The Hall–Kier alpha value is -2.79. The van der Waals surface area contributed by atoms with Crippen LogP contribution in [0.2, 0.25) is 0 Å². The summed E-state index contributed by atoms with van der Waals surface area (Å²) in [5.74, 6) is 0.826. The van der Waals surface area contributed by atoms with Crippen LogP contribution in [0.15, 0.2) is 36.7 Å². The zero-order chi connectivity index (χ0) is 21.6. The fraction of sp³-hybridized carbons (Fsp3) is 0.400. The number of ether oxygens (including phenoxy) is 2. The Labute approximate surface area is 198 Å². The van der Waals surface area contributed by atoms with Crippen molar-refractivity contribution in [3.63, 3.8) is 0 Å². The van der Waals surface area contributed by atoms with E-state index in [2.05, 4.69) is 24.7 Å². The van der Waals surface area contributed by atoms with Crippen molar-refractivity contribution in [1.82, 2.24) is 19.9 Å². The number of rotatable bonds is 3. The molecule has 3 heterocycles. The van der Waals surface area contributed by atoms with E-state index in [1.54, 1.807) is 18.5 Å². The van der Waals surface area contributed by atoms with Crippen LogP contribution in [-0.4, -0.2) is 44.5 Å². The smallest absolute Gasteiger partial charge is 0.441 e. The van der Waals surface area contributed by atoms with Gasteiger partial charge in [-0.2, -0.15) is 0 Å². The van der Waals surface area contributed by atoms with Gasteiger partial charge < -0.3 is 14.5 Å². The number of aromatic nitrogens is 4. The Kier molecular flexibility index (Phi) is 6.94. The van der Waals surface area contributed by atoms with E-state index in [9.17, 15) is 18.0 Å². The molecule has 2 aliphatic rings. The molecule has 2 aromatic heterocycles. The van der Waals surface area contributed by atoms with E-state index in [1.807, 2.05) is 0 Å². The van der Waals surface area contributed by atoms with Crippen molar-refractivity contribution in [2.75, 3.05) is 11.4 Å². The number of carbonyl (C=O) groups excluding carboxylic acids is 1. The highest BCUT2D eigenvalue weighted by atomic mass is 35.5. The lowest BCUT2D eigenvalue weighted by atomic mass is 9.78. The summed E-state index contributed by atoms with van der Waals surface area (Å²) in [5, 5.41) is 0. The molecular weight excluding hydrogens is 486 g/mol. The number of imidazole rings is 1. The second-order valence-corrected chi connectivity index (χ2v) is 7.81. The van der Waals surface area contributed by atoms with Crippen molar-refractivity contribution in [3.8, 4) is 5.75 Å². The van der Waals surface area contributed by atoms with Gasteiger partial charge in [0.05, 0.1) is 17.6 Å². The molecule has 8 nitrogen and oxygen atoms in total. The van der Waals surface area contributed by atoms with E-state index in [1.165, 1.54) is 23.1 Å². The molecule has 178 valence electrons. The molecule has 1 saturated carbocycles. The molecule has 2 fully saturated rings. The molecule has 1 aliphatic carbocycles. The maximum absolute atomic E-state index is 12.5. The molecule has 0 unspecified atom stereocenters. The molecule has 33 heavy (non-hydrogen) atoms. The van der Waals surface area contributed by atoms with Crippen molar-refractivity contribution in [2.45, 2.75) is 43.6 Å². The standard InChI is InChI=1S/C20H18F3N5O3.2ClH/c21-20(22,23)30-13-2-3-14-15(10-13)27-16(26-14)12-4-6-19(7-5-12)11-28(18(29)31-19)17-24-8-1-9-25-17;;/h1-3,8-10,12H,4-7,11H2,(H,26,27);2*1H. The van der Waals surface area contributed by atoms with E-state index in [0.29, 0.717) is 42.2 Å². The lowest BCUT2D eigenvalue weighted by molar-refractivity contribution is -0.274. The lowest BCUT2D eigenvalue weighted by Gasteiger charge is -2.34. The molecule has 0 bridgehead atoms. The molecule has 0 atom stereocenters. The van der Waals surface area contributed by atoms with Crippen LogP contribution in [0.5, 0.6) is 5.75 Å². The minimum atomic E-state index is -4.74. The zero-order valence-electron chi connectivity index (χ0n) is 17.0. The van der Waals surface area contributed by atoms with Crippen LogP contribution in [-0.2, 0) is 4.74 Å². The fourth-order valence-electron chi connectivity index (χ4n) is 4.28. The predicted molar refractivity (Wildman–Crippen MR) is 117 cm³/mol. The van der Waals surface area contributed by atoms with Crippen LogP contribution in [0.3, 0.4) is 0 Å². The van der Waals surface area contributed by atoms with Gasteiger partial charge in [-0.1, -0.05) is 0 Å². The van der Waals surface area contributed by atoms with Gasteiger partial charge in [-0.05, 0) is 43.9 Å². The molecular formula is C20H20Cl2F3N5O3. The molecule has 1 aromatic carbocycles. The van der Waals surface area contributed by atoms with Crippen LogP contribution in [0.1, 0.15) is 37.4 Å². The van der Waals surface area contributed by atoms with Crippen LogP contribution < -0.4 is 9.64 Å². The van der Waals surface area contributed by atoms with Gasteiger partial charge in [0, 0.05) is 24.4 Å². The van der Waals surface area contributed by atoms with Gasteiger partial charge in [-0.15, -0.1) is 38.0 Å². The number of carbonyl (C=O) groups is 1. The first kappa shape index (κ1) is 24.8. The Bertz CT molecular complexity index is 1120. The topological polar surface area (TPSA) is 93.2 Å². The molecule has 1 amide bonds. The van der Waals surface area contributed by atoms with Gasteiger partial charge >= 0.3 is 12.5 Å². The van der Waals surface area contributed by atoms with Crippen LogP contribution >= 0.6 is 24.8 Å². The monoisotopic (exact) mass is 505 g/mol. The molecule has 5 rings (SSSR count). The number of hydrogen-bond donors (Lipinski definition) is 1. The average molecular weight is 506 g/mol. The normalized spacial score (nSPS) is 22.6. The summed E-state index contributed by atoms with van der Waals surface area (Å²) >= 11 is 0. The third kappa shape index (κ3) is 5.09. The summed E-state index contributed by atoms with van der Waals surface area (Å²) in [4.78, 5) is 29.7. The van der Waals surface area contributed by atoms with E-state index in [4.69, 9.17) is 4.74 Å². The highest BCUT2D eigenvalue weighted by Crippen LogP contribution is 2.43. The van der Waals surface area contributed by atoms with Crippen molar-refractivity contribution in [2.24, 2.45) is 0 Å². The quantitative estimate of drug-likeness (QED) is 0.529. The Balaban J connectivity index is 0.00000153. The molecule has 1 N–H and O–H groups in total. The van der Waals surface area contributed by atoms with Crippen LogP contribution in [0.4, 0.5) is 23.9 Å². The van der Waals surface area contributed by atoms with Gasteiger partial charge in [0.15, 0.2) is 0 Å². The number of nitrogens with zero attached hydrogens (tertiary/aromatic N) is 4. The summed E-state index contributed by atoms with van der Waals surface area (Å²) in [6.07, 6.45) is 0.689. The molecule has 3 aromatic rings. The van der Waals surface area contributed by atoms with Gasteiger partial charge in [-0.25, -0.2) is 24.6 Å². The number of H-pyrrole nitrogens is 1. The second kappa shape index (κ2) is 9.22. The van der Waals surface area contributed by atoms with Crippen LogP contribution in [0, 0.1) is 0 Å². The van der Waals surface area contributed by atoms with E-state index in [0.717, 1.165) is 12.8 Å². The zero-order valence-corrected chi connectivity index (χ0v) is 18.7. The van der Waals surface area contributed by atoms with E-state index >= 15 is 0 Å². The third-order valence-electron chi connectivity index (χ3n) is 5.75. The Morgan fingerprint density at radius 2 is 1.85 bits per heavy atom. The number of fused-ring (bicyclic) bond motifs is 1. The van der Waals surface area contributed by atoms with E-state index in [-0.39, 0.29) is 36.5 Å². The number of anilines is 1. The minimum Gasteiger partial charge on any atom is -0.441 e. The second-order valence-electron chi connectivity index (χ2n) is 7.81. The summed E-state index contributed by atoms with van der Waals surface area (Å²) in [6, 6.07) is 5.71. The summed E-state index contributed by atoms with van der Waals surface area (Å²) < 4.78 is 47.0. The minimum absolute atomic E-state index is 0. The highest BCUT2D eigenvalue weighted by molar-refractivity contribution is 5.88. The molecule has 13 heteroatoms. The van der Waals surface area contributed by atoms with Crippen molar-refractivity contribution >= 4 is 47.9 Å². The number of benzene rings is 1. The molecule has 1 spiro atoms. The van der Waals surface area contributed by atoms with Gasteiger partial charge in [0.25, 0.3) is 0 Å². The summed E-state index contributed by atoms with van der Waals surface area (Å²) in [6.45, 7) is 0.390. The van der Waals surface area contributed by atoms with Gasteiger partial charge in [-0.3, -0.25) is 0 Å². The van der Waals surface area contributed by atoms with Gasteiger partial charge in [0.1, 0.15) is 17.2 Å². The number of alkyl halides is 3. The first-order valence-corrected chi connectivity index (χ1v) is 9.83. The predicted octanol–water partition coefficient (Wildman–Crippen LogP) is 5.15. The summed E-state index contributed by atoms with van der Waals surface area (Å²) in [7, 11) is 0. The summed E-state index contributed by atoms with van der Waals surface area (Å²) in [5.41, 5.74) is 0.466. The number of aromatic amines is 1. The Morgan fingerprint density at radius 3 is 2.52 bits per heavy atom. The largest absolute Gasteiger partial charge is 0.573 e. The number of amides is 1. The third-order valence-corrected chi connectivity index (χ3v) is 5.75. The van der Waals surface area contributed by atoms with Crippen molar-refractivity contribution < 1.29 is 27.4 Å². The molecule has 1 saturated heterocycles. The maximum atomic E-state index is 12.5. The SMILES string of the molecule is Cl.Cl.O=C1OC2(CCC(c3nc4ccc(OC(F)(F)F)cc4[nH]3)CC2)CN1c1ncccn1. The van der Waals surface area contributed by atoms with Gasteiger partial charge in [0.2, 0.25) is 5.95 Å². The van der Waals surface area contributed by atoms with E-state index < -0.39 is 18.1 Å². The molecule has 1 aliphatic heterocycles. The number of nitrogens with one attached hydrogen (secondary N) is 1. The first-order valence-electron chi connectivity index (χ1n) is 9.83. The highest BCUT2D eigenvalue weighted by Gasteiger charge is 2.49.